The van der Waals surface area contributed by atoms with Crippen LogP contribution in [0.5, 0.6) is 0 Å². The highest BCUT2D eigenvalue weighted by Crippen LogP contribution is 2.30. The standard InChI is InChI=1S/C13H23N3O2S/c1-3-13(2,11(15)19)12(18)16(8-10(14)17)9-6-4-5-7-9/h9H,3-8H2,1-2H3,(H2,14,17)(H2,15,19). The van der Waals surface area contributed by atoms with Gasteiger partial charge in [-0.15, -0.1) is 0 Å². The Balaban J connectivity index is 2.98. The van der Waals surface area contributed by atoms with Gasteiger partial charge >= 0.3 is 0 Å². The molecule has 6 heteroatoms. The molecule has 1 saturated carbocycles. The molecule has 0 aliphatic heterocycles. The van der Waals surface area contributed by atoms with E-state index in [1.807, 2.05) is 6.92 Å². The van der Waals surface area contributed by atoms with E-state index in [-0.39, 0.29) is 23.5 Å². The molecule has 1 aliphatic rings. The number of nitrogens with zero attached hydrogens (tertiary/aromatic N) is 1. The summed E-state index contributed by atoms with van der Waals surface area (Å²) in [5.74, 6) is -0.671. The minimum atomic E-state index is -0.895. The first-order valence-corrected chi connectivity index (χ1v) is 7.13. The third-order valence-electron chi connectivity index (χ3n) is 4.08. The Bertz CT molecular complexity index is 380. The fourth-order valence-electron chi connectivity index (χ4n) is 2.50. The maximum atomic E-state index is 12.7. The van der Waals surface area contributed by atoms with Crippen LogP contribution < -0.4 is 11.5 Å². The van der Waals surface area contributed by atoms with E-state index in [0.717, 1.165) is 25.7 Å². The van der Waals surface area contributed by atoms with Gasteiger partial charge < -0.3 is 16.4 Å². The van der Waals surface area contributed by atoms with E-state index in [2.05, 4.69) is 0 Å². The first kappa shape index (κ1) is 15.9. The Hall–Kier alpha value is -1.17. The van der Waals surface area contributed by atoms with Crippen molar-refractivity contribution in [3.05, 3.63) is 0 Å². The van der Waals surface area contributed by atoms with Gasteiger partial charge in [-0.2, -0.15) is 0 Å². The number of thiocarbonyl (C=S) groups is 1. The molecule has 0 aromatic carbocycles. The zero-order valence-corrected chi connectivity index (χ0v) is 12.5. The fourth-order valence-corrected chi connectivity index (χ4v) is 2.73. The summed E-state index contributed by atoms with van der Waals surface area (Å²) in [5, 5.41) is 0. The lowest BCUT2D eigenvalue weighted by molar-refractivity contribution is -0.143. The Morgan fingerprint density at radius 1 is 1.32 bits per heavy atom. The normalized spacial score (nSPS) is 18.8. The molecular weight excluding hydrogens is 262 g/mol. The van der Waals surface area contributed by atoms with Gasteiger partial charge in [0, 0.05) is 6.04 Å². The van der Waals surface area contributed by atoms with Crippen molar-refractivity contribution < 1.29 is 9.59 Å². The molecule has 0 bridgehead atoms. The molecule has 0 radical (unpaired) electrons. The van der Waals surface area contributed by atoms with E-state index in [1.165, 1.54) is 0 Å². The van der Waals surface area contributed by atoms with Gasteiger partial charge in [0.05, 0.1) is 16.9 Å². The number of rotatable bonds is 6. The lowest BCUT2D eigenvalue weighted by Crippen LogP contribution is -2.53. The molecule has 1 fully saturated rings. The minimum absolute atomic E-state index is 0.0539. The summed E-state index contributed by atoms with van der Waals surface area (Å²) in [5.41, 5.74) is 10.1. The number of amides is 2. The third kappa shape index (κ3) is 3.43. The first-order valence-electron chi connectivity index (χ1n) is 6.72. The van der Waals surface area contributed by atoms with Crippen LogP contribution in [-0.4, -0.2) is 34.3 Å². The van der Waals surface area contributed by atoms with Crippen LogP contribution in [0.2, 0.25) is 0 Å². The lowest BCUT2D eigenvalue weighted by atomic mass is 9.85. The molecule has 0 aromatic heterocycles. The Morgan fingerprint density at radius 3 is 2.21 bits per heavy atom. The minimum Gasteiger partial charge on any atom is -0.392 e. The van der Waals surface area contributed by atoms with Gasteiger partial charge in [0.2, 0.25) is 11.8 Å². The molecule has 4 N–H and O–H groups in total. The molecule has 1 aliphatic carbocycles. The van der Waals surface area contributed by atoms with Crippen molar-refractivity contribution in [3.8, 4) is 0 Å². The van der Waals surface area contributed by atoms with Gasteiger partial charge in [-0.25, -0.2) is 0 Å². The molecule has 1 atom stereocenters. The number of carbonyl (C=O) groups is 2. The van der Waals surface area contributed by atoms with Crippen molar-refractivity contribution in [2.24, 2.45) is 16.9 Å². The van der Waals surface area contributed by atoms with E-state index in [9.17, 15) is 9.59 Å². The Morgan fingerprint density at radius 2 is 1.84 bits per heavy atom. The molecule has 0 saturated heterocycles. The maximum Gasteiger partial charge on any atom is 0.237 e. The average molecular weight is 285 g/mol. The van der Waals surface area contributed by atoms with Crippen LogP contribution in [0.4, 0.5) is 0 Å². The second-order valence-electron chi connectivity index (χ2n) is 5.39. The zero-order valence-electron chi connectivity index (χ0n) is 11.6. The van der Waals surface area contributed by atoms with Gasteiger partial charge in [-0.1, -0.05) is 32.0 Å². The summed E-state index contributed by atoms with van der Waals surface area (Å²) >= 11 is 5.03. The highest BCUT2D eigenvalue weighted by atomic mass is 32.1. The van der Waals surface area contributed by atoms with Crippen LogP contribution >= 0.6 is 12.2 Å². The van der Waals surface area contributed by atoms with Crippen LogP contribution in [0.3, 0.4) is 0 Å². The van der Waals surface area contributed by atoms with Crippen LogP contribution in [0.1, 0.15) is 46.0 Å². The molecule has 5 nitrogen and oxygen atoms in total. The molecule has 0 aromatic rings. The fraction of sp³-hybridized carbons (Fsp3) is 0.769. The predicted molar refractivity (Wildman–Crippen MR) is 78.3 cm³/mol. The number of nitrogens with two attached hydrogens (primary N) is 2. The number of carbonyl (C=O) groups excluding carboxylic acids is 2. The lowest BCUT2D eigenvalue weighted by Gasteiger charge is -2.36. The molecule has 0 spiro atoms. The number of primary amides is 1. The third-order valence-corrected chi connectivity index (χ3v) is 4.53. The molecule has 1 unspecified atom stereocenters. The number of hydrogen-bond acceptors (Lipinski definition) is 3. The topological polar surface area (TPSA) is 89.4 Å². The quantitative estimate of drug-likeness (QED) is 0.711. The van der Waals surface area contributed by atoms with Gasteiger partial charge in [-0.3, -0.25) is 9.59 Å². The van der Waals surface area contributed by atoms with E-state index < -0.39 is 11.3 Å². The molecule has 0 heterocycles. The van der Waals surface area contributed by atoms with Crippen molar-refractivity contribution in [3.63, 3.8) is 0 Å². The van der Waals surface area contributed by atoms with E-state index in [0.29, 0.717) is 6.42 Å². The summed E-state index contributed by atoms with van der Waals surface area (Å²) < 4.78 is 0. The number of hydrogen-bond donors (Lipinski definition) is 2. The second-order valence-corrected chi connectivity index (χ2v) is 5.83. The smallest absolute Gasteiger partial charge is 0.237 e. The predicted octanol–water partition coefficient (Wildman–Crippen LogP) is 0.945. The van der Waals surface area contributed by atoms with Crippen molar-refractivity contribution >= 4 is 29.0 Å². The highest BCUT2D eigenvalue weighted by molar-refractivity contribution is 7.80. The van der Waals surface area contributed by atoms with Gasteiger partial charge in [0.25, 0.3) is 0 Å². The van der Waals surface area contributed by atoms with Crippen molar-refractivity contribution in [2.75, 3.05) is 6.54 Å². The first-order chi connectivity index (χ1) is 8.82. The van der Waals surface area contributed by atoms with E-state index in [1.54, 1.807) is 11.8 Å². The molecule has 108 valence electrons. The summed E-state index contributed by atoms with van der Waals surface area (Å²) in [6.07, 6.45) is 4.49. The zero-order chi connectivity index (χ0) is 14.6. The van der Waals surface area contributed by atoms with E-state index >= 15 is 0 Å². The van der Waals surface area contributed by atoms with Crippen LogP contribution in [0, 0.1) is 5.41 Å². The average Bonchev–Trinajstić information content (AvgIpc) is 2.87. The molecule has 19 heavy (non-hydrogen) atoms. The maximum absolute atomic E-state index is 12.7. The SMILES string of the molecule is CCC(C)(C(=O)N(CC(N)=O)C1CCCC1)C(N)=S. The summed E-state index contributed by atoms with van der Waals surface area (Å²) in [6, 6.07) is 0.0835. The summed E-state index contributed by atoms with van der Waals surface area (Å²) in [6.45, 7) is 3.55. The van der Waals surface area contributed by atoms with Crippen molar-refractivity contribution in [2.45, 2.75) is 52.0 Å². The van der Waals surface area contributed by atoms with Gasteiger partial charge in [-0.05, 0) is 26.2 Å². The second kappa shape index (κ2) is 6.32. The molecule has 2 amide bonds. The van der Waals surface area contributed by atoms with Crippen molar-refractivity contribution in [1.29, 1.82) is 0 Å². The largest absolute Gasteiger partial charge is 0.392 e. The van der Waals surface area contributed by atoms with Gasteiger partial charge in [0.1, 0.15) is 0 Å². The van der Waals surface area contributed by atoms with Crippen molar-refractivity contribution in [1.82, 2.24) is 4.90 Å². The summed E-state index contributed by atoms with van der Waals surface area (Å²) in [7, 11) is 0. The van der Waals surface area contributed by atoms with Crippen LogP contribution in [0.15, 0.2) is 0 Å². The molecule has 1 rings (SSSR count). The monoisotopic (exact) mass is 285 g/mol. The Labute approximate surface area is 119 Å². The van der Waals surface area contributed by atoms with Gasteiger partial charge in [0.15, 0.2) is 0 Å². The highest BCUT2D eigenvalue weighted by Gasteiger charge is 2.41. The molecular formula is C13H23N3O2S. The van der Waals surface area contributed by atoms with Crippen LogP contribution in [0.25, 0.3) is 0 Å². The Kier molecular flexibility index (Phi) is 5.29. The van der Waals surface area contributed by atoms with Crippen LogP contribution in [-0.2, 0) is 9.59 Å². The summed E-state index contributed by atoms with van der Waals surface area (Å²) in [4.78, 5) is 25.7. The van der Waals surface area contributed by atoms with E-state index in [4.69, 9.17) is 23.7 Å².